The predicted octanol–water partition coefficient (Wildman–Crippen LogP) is 1.29. The molecule has 4 rings (SSSR count). The highest BCUT2D eigenvalue weighted by atomic mass is 32.1. The number of aliphatic hydroxyl groups is 1. The summed E-state index contributed by atoms with van der Waals surface area (Å²) in [6.07, 6.45) is 5.44. The Morgan fingerprint density at radius 1 is 1.39 bits per heavy atom. The van der Waals surface area contributed by atoms with Gasteiger partial charge in [-0.05, 0) is 13.0 Å². The van der Waals surface area contributed by atoms with Crippen LogP contribution < -0.4 is 5.56 Å². The number of nitrogens with zero attached hydrogens (tertiary/aromatic N) is 5. The number of fused-ring (bicyclic) bond motifs is 3. The van der Waals surface area contributed by atoms with Crippen molar-refractivity contribution in [1.82, 2.24) is 24.0 Å². The van der Waals surface area contributed by atoms with Crippen LogP contribution >= 0.6 is 11.3 Å². The van der Waals surface area contributed by atoms with Crippen LogP contribution in [0.3, 0.4) is 0 Å². The number of aryl methyl sites for hydroxylation is 2. The molecule has 0 radical (unpaired) electrons. The summed E-state index contributed by atoms with van der Waals surface area (Å²) in [5, 5.41) is 19.4. The molecule has 0 amide bonds. The Bertz CT molecular complexity index is 1080. The highest BCUT2D eigenvalue weighted by Gasteiger charge is 2.17. The zero-order chi connectivity index (χ0) is 16.1. The molecule has 0 atom stereocenters. The van der Waals surface area contributed by atoms with Crippen LogP contribution in [0.25, 0.3) is 15.6 Å². The molecule has 4 heterocycles. The molecule has 7 nitrogen and oxygen atoms in total. The summed E-state index contributed by atoms with van der Waals surface area (Å²) >= 11 is 1.48. The van der Waals surface area contributed by atoms with Crippen molar-refractivity contribution < 1.29 is 5.11 Å². The lowest BCUT2D eigenvalue weighted by Gasteiger charge is -2.02. The number of aliphatic hydroxyl groups excluding tert-OH is 1. The van der Waals surface area contributed by atoms with Gasteiger partial charge in [-0.3, -0.25) is 9.48 Å². The molecule has 0 saturated carbocycles. The van der Waals surface area contributed by atoms with Crippen molar-refractivity contribution in [1.29, 1.82) is 0 Å². The fourth-order valence-corrected chi connectivity index (χ4v) is 3.87. The van der Waals surface area contributed by atoms with Crippen LogP contribution in [0, 0.1) is 6.92 Å². The average Bonchev–Trinajstić information content (AvgIpc) is 3.19. The van der Waals surface area contributed by atoms with Gasteiger partial charge in [0.05, 0.1) is 30.4 Å². The van der Waals surface area contributed by atoms with Crippen molar-refractivity contribution in [2.45, 2.75) is 20.1 Å². The lowest BCUT2D eigenvalue weighted by Crippen LogP contribution is -2.23. The van der Waals surface area contributed by atoms with Crippen LogP contribution in [0.2, 0.25) is 0 Å². The molecule has 23 heavy (non-hydrogen) atoms. The molecule has 118 valence electrons. The first kappa shape index (κ1) is 14.2. The first-order valence-corrected chi connectivity index (χ1v) is 7.98. The van der Waals surface area contributed by atoms with E-state index in [1.165, 1.54) is 16.0 Å². The summed E-state index contributed by atoms with van der Waals surface area (Å²) in [5.41, 5.74) is 1.54. The summed E-state index contributed by atoms with van der Waals surface area (Å²) in [4.78, 5) is 14.6. The van der Waals surface area contributed by atoms with Crippen LogP contribution in [0.15, 0.2) is 29.5 Å². The van der Waals surface area contributed by atoms with Gasteiger partial charge in [-0.25, -0.2) is 4.68 Å². The molecule has 0 aliphatic rings. The Hall–Kier alpha value is -2.45. The van der Waals surface area contributed by atoms with E-state index in [0.29, 0.717) is 11.9 Å². The van der Waals surface area contributed by atoms with Gasteiger partial charge in [0, 0.05) is 35.4 Å². The van der Waals surface area contributed by atoms with Crippen molar-refractivity contribution >= 4 is 26.9 Å². The van der Waals surface area contributed by atoms with Crippen LogP contribution in [0.5, 0.6) is 0 Å². The fourth-order valence-electron chi connectivity index (χ4n) is 2.84. The first-order chi connectivity index (χ1) is 11.1. The maximum Gasteiger partial charge on any atom is 0.276 e. The third-order valence-electron chi connectivity index (χ3n) is 3.95. The van der Waals surface area contributed by atoms with Gasteiger partial charge in [0.15, 0.2) is 0 Å². The Labute approximate surface area is 135 Å². The van der Waals surface area contributed by atoms with Crippen LogP contribution in [-0.2, 0) is 20.2 Å². The number of hydrogen-bond donors (Lipinski definition) is 1. The highest BCUT2D eigenvalue weighted by Crippen LogP contribution is 2.29. The maximum atomic E-state index is 12.8. The minimum Gasteiger partial charge on any atom is -0.391 e. The Morgan fingerprint density at radius 3 is 2.91 bits per heavy atom. The van der Waals surface area contributed by atoms with Gasteiger partial charge in [-0.15, -0.1) is 11.3 Å². The molecular weight excluding hydrogens is 314 g/mol. The van der Waals surface area contributed by atoms with E-state index in [-0.39, 0.29) is 12.2 Å². The van der Waals surface area contributed by atoms with Crippen molar-refractivity contribution in [2.24, 2.45) is 7.05 Å². The van der Waals surface area contributed by atoms with E-state index < -0.39 is 0 Å². The van der Waals surface area contributed by atoms with Crippen molar-refractivity contribution in [3.05, 3.63) is 51.3 Å². The molecule has 0 fully saturated rings. The van der Waals surface area contributed by atoms with Gasteiger partial charge in [0.25, 0.3) is 5.56 Å². The van der Waals surface area contributed by atoms with Gasteiger partial charge < -0.3 is 9.51 Å². The summed E-state index contributed by atoms with van der Waals surface area (Å²) in [6, 6.07) is 1.87. The fraction of sp³-hybridized carbons (Fsp3) is 0.267. The molecule has 0 aromatic carbocycles. The van der Waals surface area contributed by atoms with E-state index in [0.717, 1.165) is 26.5 Å². The van der Waals surface area contributed by atoms with Crippen LogP contribution in [-0.4, -0.2) is 29.1 Å². The highest BCUT2D eigenvalue weighted by molar-refractivity contribution is 7.18. The molecule has 0 aliphatic carbocycles. The number of aromatic nitrogens is 5. The number of hydrogen-bond acceptors (Lipinski definition) is 5. The van der Waals surface area contributed by atoms with Gasteiger partial charge in [-0.1, -0.05) is 0 Å². The minimum atomic E-state index is -0.118. The van der Waals surface area contributed by atoms with Crippen molar-refractivity contribution in [2.75, 3.05) is 0 Å². The quantitative estimate of drug-likeness (QED) is 0.614. The number of rotatable bonds is 3. The molecule has 4 aromatic rings. The molecule has 0 spiro atoms. The molecule has 0 unspecified atom stereocenters. The van der Waals surface area contributed by atoms with Crippen LogP contribution in [0.1, 0.15) is 16.3 Å². The van der Waals surface area contributed by atoms with E-state index >= 15 is 0 Å². The lowest BCUT2D eigenvalue weighted by atomic mass is 10.2. The molecule has 4 aromatic heterocycles. The third kappa shape index (κ3) is 2.10. The molecular formula is C15H15N5O2S. The van der Waals surface area contributed by atoms with E-state index in [4.69, 9.17) is 0 Å². The van der Waals surface area contributed by atoms with E-state index in [2.05, 4.69) is 10.2 Å². The predicted molar refractivity (Wildman–Crippen MR) is 87.8 cm³/mol. The van der Waals surface area contributed by atoms with E-state index in [9.17, 15) is 9.90 Å². The Kier molecular flexibility index (Phi) is 3.10. The van der Waals surface area contributed by atoms with Gasteiger partial charge >= 0.3 is 0 Å². The summed E-state index contributed by atoms with van der Waals surface area (Å²) in [7, 11) is 1.84. The summed E-state index contributed by atoms with van der Waals surface area (Å²) in [6.45, 7) is 2.26. The second-order valence-electron chi connectivity index (χ2n) is 5.49. The smallest absolute Gasteiger partial charge is 0.276 e. The van der Waals surface area contributed by atoms with Gasteiger partial charge in [-0.2, -0.15) is 10.2 Å². The zero-order valence-corrected chi connectivity index (χ0v) is 13.5. The normalized spacial score (nSPS) is 11.8. The molecule has 1 N–H and O–H groups in total. The third-order valence-corrected chi connectivity index (χ3v) is 5.06. The molecule has 0 saturated heterocycles. The summed E-state index contributed by atoms with van der Waals surface area (Å²) in [5.74, 6) is 0. The summed E-state index contributed by atoms with van der Waals surface area (Å²) < 4.78 is 5.10. The lowest BCUT2D eigenvalue weighted by molar-refractivity contribution is 0.285. The van der Waals surface area contributed by atoms with Gasteiger partial charge in [0.2, 0.25) is 0 Å². The minimum absolute atomic E-state index is 0.00253. The Morgan fingerprint density at radius 2 is 2.22 bits per heavy atom. The zero-order valence-electron chi connectivity index (χ0n) is 12.7. The topological polar surface area (TPSA) is 77.3 Å². The number of thiazole rings is 1. The van der Waals surface area contributed by atoms with Crippen LogP contribution in [0.4, 0.5) is 0 Å². The molecule has 8 heteroatoms. The standard InChI is InChI=1S/C15H15N5O2S/c1-9-13-12(15-19(9)7-11(8-21)23-15)5-16-20(14(13)22)6-10-3-4-18(2)17-10/h3-5,7,21H,6,8H2,1-2H3. The first-order valence-electron chi connectivity index (χ1n) is 7.17. The SMILES string of the molecule is Cc1c2c(=O)n(Cc3ccn(C)n3)ncc2c2sc(CO)cn12. The van der Waals surface area contributed by atoms with Crippen molar-refractivity contribution in [3.8, 4) is 0 Å². The monoisotopic (exact) mass is 329 g/mol. The largest absolute Gasteiger partial charge is 0.391 e. The second-order valence-corrected chi connectivity index (χ2v) is 6.61. The van der Waals surface area contributed by atoms with E-state index in [1.807, 2.05) is 36.8 Å². The molecule has 0 bridgehead atoms. The maximum absolute atomic E-state index is 12.8. The Balaban J connectivity index is 1.91. The van der Waals surface area contributed by atoms with Crippen molar-refractivity contribution in [3.63, 3.8) is 0 Å². The second kappa shape index (κ2) is 5.04. The average molecular weight is 329 g/mol. The van der Waals surface area contributed by atoms with E-state index in [1.54, 1.807) is 10.9 Å². The molecule has 0 aliphatic heterocycles. The van der Waals surface area contributed by atoms with Gasteiger partial charge in [0.1, 0.15) is 4.83 Å².